The third kappa shape index (κ3) is 3.85. The van der Waals surface area contributed by atoms with Crippen molar-refractivity contribution in [3.05, 3.63) is 62.7 Å². The SMILES string of the molecule is O=c1[nH]c2cc(F)cc(N3CCN(CCCc4csc5ccc(Cl)cc45)CC3)c2o1. The van der Waals surface area contributed by atoms with Crippen LogP contribution in [0.15, 0.2) is 44.9 Å². The predicted molar refractivity (Wildman–Crippen MR) is 121 cm³/mol. The topological polar surface area (TPSA) is 52.5 Å². The number of rotatable bonds is 5. The second-order valence-electron chi connectivity index (χ2n) is 7.65. The second-order valence-corrected chi connectivity index (χ2v) is 9.00. The van der Waals surface area contributed by atoms with E-state index in [0.29, 0.717) is 16.8 Å². The minimum atomic E-state index is -0.558. The zero-order valence-corrected chi connectivity index (χ0v) is 17.9. The number of piperazine rings is 1. The molecule has 0 unspecified atom stereocenters. The number of nitrogens with one attached hydrogen (secondary N) is 1. The van der Waals surface area contributed by atoms with Crippen molar-refractivity contribution in [2.75, 3.05) is 37.6 Å². The smallest absolute Gasteiger partial charge is 0.406 e. The van der Waals surface area contributed by atoms with Gasteiger partial charge in [0.1, 0.15) is 5.82 Å². The Balaban J connectivity index is 1.20. The molecule has 0 atom stereocenters. The van der Waals surface area contributed by atoms with Crippen LogP contribution in [0.3, 0.4) is 0 Å². The van der Waals surface area contributed by atoms with E-state index >= 15 is 0 Å². The minimum Gasteiger partial charge on any atom is -0.406 e. The lowest BCUT2D eigenvalue weighted by atomic mass is 10.1. The molecule has 4 aromatic rings. The van der Waals surface area contributed by atoms with Gasteiger partial charge in [0.15, 0.2) is 5.58 Å². The van der Waals surface area contributed by atoms with Crippen LogP contribution in [0.25, 0.3) is 21.2 Å². The predicted octanol–water partition coefficient (Wildman–Crippen LogP) is 4.88. The fourth-order valence-electron chi connectivity index (χ4n) is 4.20. The van der Waals surface area contributed by atoms with Gasteiger partial charge in [-0.1, -0.05) is 11.6 Å². The van der Waals surface area contributed by atoms with Gasteiger partial charge in [0.25, 0.3) is 0 Å². The van der Waals surface area contributed by atoms with Crippen LogP contribution in [0.4, 0.5) is 10.1 Å². The maximum Gasteiger partial charge on any atom is 0.417 e. The Hall–Kier alpha value is -2.35. The summed E-state index contributed by atoms with van der Waals surface area (Å²) in [4.78, 5) is 18.6. The second kappa shape index (κ2) is 8.06. The number of H-pyrrole nitrogens is 1. The summed E-state index contributed by atoms with van der Waals surface area (Å²) in [6.45, 7) is 4.34. The van der Waals surface area contributed by atoms with Crippen molar-refractivity contribution in [1.29, 1.82) is 0 Å². The van der Waals surface area contributed by atoms with Crippen LogP contribution < -0.4 is 10.7 Å². The molecule has 1 fully saturated rings. The molecule has 1 aliphatic heterocycles. The summed E-state index contributed by atoms with van der Waals surface area (Å²) in [6.07, 6.45) is 2.11. The number of aryl methyl sites for hydroxylation is 1. The fraction of sp³-hybridized carbons (Fsp3) is 0.318. The summed E-state index contributed by atoms with van der Waals surface area (Å²) < 4.78 is 20.5. The number of benzene rings is 2. The maximum absolute atomic E-state index is 14.0. The number of hydrogen-bond acceptors (Lipinski definition) is 5. The van der Waals surface area contributed by atoms with Crippen LogP contribution in [0, 0.1) is 5.82 Å². The van der Waals surface area contributed by atoms with E-state index < -0.39 is 5.76 Å². The zero-order valence-electron chi connectivity index (χ0n) is 16.3. The van der Waals surface area contributed by atoms with E-state index in [4.69, 9.17) is 16.0 Å². The van der Waals surface area contributed by atoms with Crippen LogP contribution in [0.5, 0.6) is 0 Å². The Morgan fingerprint density at radius 2 is 2.00 bits per heavy atom. The first kappa shape index (κ1) is 19.6. The van der Waals surface area contributed by atoms with E-state index in [0.717, 1.165) is 50.6 Å². The van der Waals surface area contributed by atoms with Gasteiger partial charge in [-0.25, -0.2) is 9.18 Å². The van der Waals surface area contributed by atoms with Gasteiger partial charge in [-0.2, -0.15) is 0 Å². The molecule has 8 heteroatoms. The van der Waals surface area contributed by atoms with Crippen LogP contribution in [-0.4, -0.2) is 42.6 Å². The van der Waals surface area contributed by atoms with Gasteiger partial charge in [0.2, 0.25) is 0 Å². The van der Waals surface area contributed by atoms with Crippen molar-refractivity contribution in [2.45, 2.75) is 12.8 Å². The summed E-state index contributed by atoms with van der Waals surface area (Å²) in [6, 6.07) is 8.82. The quantitative estimate of drug-likeness (QED) is 0.475. The van der Waals surface area contributed by atoms with Gasteiger partial charge in [-0.15, -0.1) is 11.3 Å². The third-order valence-electron chi connectivity index (χ3n) is 5.71. The van der Waals surface area contributed by atoms with E-state index in [1.807, 2.05) is 6.07 Å². The Kier molecular flexibility index (Phi) is 5.26. The van der Waals surface area contributed by atoms with Gasteiger partial charge in [-0.3, -0.25) is 9.88 Å². The lowest BCUT2D eigenvalue weighted by molar-refractivity contribution is 0.255. The number of anilines is 1. The van der Waals surface area contributed by atoms with Crippen molar-refractivity contribution >= 4 is 49.8 Å². The Morgan fingerprint density at radius 3 is 2.83 bits per heavy atom. The highest BCUT2D eigenvalue weighted by Crippen LogP contribution is 2.30. The van der Waals surface area contributed by atoms with Crippen molar-refractivity contribution in [3.8, 4) is 0 Å². The number of halogens is 2. The van der Waals surface area contributed by atoms with E-state index in [-0.39, 0.29) is 5.82 Å². The minimum absolute atomic E-state index is 0.375. The van der Waals surface area contributed by atoms with E-state index in [2.05, 4.69) is 32.3 Å². The van der Waals surface area contributed by atoms with Crippen LogP contribution in [0.2, 0.25) is 5.02 Å². The molecule has 0 saturated carbocycles. The summed E-state index contributed by atoms with van der Waals surface area (Å²) in [5, 5.41) is 4.28. The lowest BCUT2D eigenvalue weighted by Gasteiger charge is -2.36. The van der Waals surface area contributed by atoms with Gasteiger partial charge >= 0.3 is 5.76 Å². The van der Waals surface area contributed by atoms with E-state index in [9.17, 15) is 9.18 Å². The van der Waals surface area contributed by atoms with Crippen molar-refractivity contribution in [1.82, 2.24) is 9.88 Å². The van der Waals surface area contributed by atoms with Crippen LogP contribution >= 0.6 is 22.9 Å². The summed E-state index contributed by atoms with van der Waals surface area (Å²) >= 11 is 7.92. The standard InChI is InChI=1S/C22H21ClFN3O2S/c23-15-3-4-20-17(10-15)14(13-30-20)2-1-5-26-6-8-27(9-7-26)19-12-16(24)11-18-21(19)29-22(28)25-18/h3-4,10-13H,1-2,5-9H2,(H,25,28). The molecule has 3 heterocycles. The Labute approximate surface area is 181 Å². The highest BCUT2D eigenvalue weighted by atomic mass is 35.5. The third-order valence-corrected chi connectivity index (χ3v) is 6.96. The number of oxazole rings is 1. The molecule has 30 heavy (non-hydrogen) atoms. The lowest BCUT2D eigenvalue weighted by Crippen LogP contribution is -2.46. The largest absolute Gasteiger partial charge is 0.417 e. The summed E-state index contributed by atoms with van der Waals surface area (Å²) in [7, 11) is 0. The summed E-state index contributed by atoms with van der Waals surface area (Å²) in [5.74, 6) is -0.933. The monoisotopic (exact) mass is 445 g/mol. The zero-order chi connectivity index (χ0) is 20.7. The molecule has 5 rings (SSSR count). The number of hydrogen-bond donors (Lipinski definition) is 1. The molecule has 0 aliphatic carbocycles. The fourth-order valence-corrected chi connectivity index (χ4v) is 5.35. The Morgan fingerprint density at radius 1 is 1.17 bits per heavy atom. The van der Waals surface area contributed by atoms with E-state index in [1.54, 1.807) is 11.3 Å². The molecule has 2 aromatic heterocycles. The van der Waals surface area contributed by atoms with Gasteiger partial charge in [0.05, 0.1) is 11.2 Å². The van der Waals surface area contributed by atoms with E-state index in [1.165, 1.54) is 27.8 Å². The van der Waals surface area contributed by atoms with Crippen molar-refractivity contribution in [2.24, 2.45) is 0 Å². The highest BCUT2D eigenvalue weighted by molar-refractivity contribution is 7.17. The van der Waals surface area contributed by atoms with Crippen LogP contribution in [-0.2, 0) is 6.42 Å². The first-order valence-corrected chi connectivity index (χ1v) is 11.3. The normalized spacial score (nSPS) is 15.5. The first-order valence-electron chi connectivity index (χ1n) is 10.0. The molecule has 0 radical (unpaired) electrons. The first-order chi connectivity index (χ1) is 14.6. The number of fused-ring (bicyclic) bond motifs is 2. The molecule has 0 spiro atoms. The number of aromatic amines is 1. The molecule has 0 amide bonds. The molecule has 1 N–H and O–H groups in total. The molecule has 0 bridgehead atoms. The van der Waals surface area contributed by atoms with Gasteiger partial charge in [-0.05, 0) is 53.9 Å². The molecule has 1 aliphatic rings. The average molecular weight is 446 g/mol. The molecule has 1 saturated heterocycles. The van der Waals surface area contributed by atoms with Gasteiger partial charge in [0, 0.05) is 48.0 Å². The molecule has 156 valence electrons. The highest BCUT2D eigenvalue weighted by Gasteiger charge is 2.21. The number of nitrogens with zero attached hydrogens (tertiary/aromatic N) is 2. The van der Waals surface area contributed by atoms with Crippen molar-refractivity contribution < 1.29 is 8.81 Å². The molecule has 2 aromatic carbocycles. The Bertz CT molecular complexity index is 1260. The maximum atomic E-state index is 14.0. The average Bonchev–Trinajstić information content (AvgIpc) is 3.30. The molecule has 5 nitrogen and oxygen atoms in total. The van der Waals surface area contributed by atoms with Crippen LogP contribution in [0.1, 0.15) is 12.0 Å². The molecular weight excluding hydrogens is 425 g/mol. The number of aromatic nitrogens is 1. The number of thiophene rings is 1. The van der Waals surface area contributed by atoms with Gasteiger partial charge < -0.3 is 9.32 Å². The molecular formula is C22H21ClFN3O2S. The summed E-state index contributed by atoms with van der Waals surface area (Å²) in [5.41, 5.74) is 2.84. The van der Waals surface area contributed by atoms with Crippen molar-refractivity contribution in [3.63, 3.8) is 0 Å².